The maximum atomic E-state index is 6.09. The number of hydrogen-bond donors (Lipinski definition) is 3. The summed E-state index contributed by atoms with van der Waals surface area (Å²) in [4.78, 5) is 14.5. The van der Waals surface area contributed by atoms with Crippen LogP contribution in [0, 0.1) is 0 Å². The molecule has 2 heterocycles. The van der Waals surface area contributed by atoms with Gasteiger partial charge in [0.05, 0.1) is 13.4 Å². The Morgan fingerprint density at radius 1 is 0.944 bits per heavy atom. The van der Waals surface area contributed by atoms with Crippen molar-refractivity contribution in [1.29, 1.82) is 0 Å². The van der Waals surface area contributed by atoms with Crippen LogP contribution in [-0.4, -0.2) is 38.7 Å². The highest BCUT2D eigenvalue weighted by Gasteiger charge is 2.23. The number of nitrogens with zero attached hydrogens (tertiary/aromatic N) is 4. The SMILES string of the molecule is COc1ccc(CNc2nc(NC3CCC(N)CC3)nc3c2ncn3C2CCCC2)cc1.Cl.Cl.Cl.Cl. The van der Waals surface area contributed by atoms with Gasteiger partial charge in [-0.2, -0.15) is 9.97 Å². The fourth-order valence-electron chi connectivity index (χ4n) is 4.93. The zero-order valence-corrected chi connectivity index (χ0v) is 23.7. The molecule has 0 amide bonds. The molecule has 36 heavy (non-hydrogen) atoms. The van der Waals surface area contributed by atoms with Crippen LogP contribution in [0.4, 0.5) is 11.8 Å². The maximum absolute atomic E-state index is 6.09. The predicted molar refractivity (Wildman–Crippen MR) is 156 cm³/mol. The summed E-state index contributed by atoms with van der Waals surface area (Å²) in [5.41, 5.74) is 9.00. The Balaban J connectivity index is 0.00000162. The minimum atomic E-state index is 0. The highest BCUT2D eigenvalue weighted by molar-refractivity contribution is 5.86. The van der Waals surface area contributed by atoms with E-state index in [0.29, 0.717) is 30.6 Å². The van der Waals surface area contributed by atoms with E-state index in [1.54, 1.807) is 7.11 Å². The second-order valence-electron chi connectivity index (χ2n) is 9.12. The topological polar surface area (TPSA) is 103 Å². The van der Waals surface area contributed by atoms with Crippen LogP contribution >= 0.6 is 49.6 Å². The minimum absolute atomic E-state index is 0. The van der Waals surface area contributed by atoms with Crippen LogP contribution in [0.5, 0.6) is 5.75 Å². The molecule has 0 radical (unpaired) electrons. The van der Waals surface area contributed by atoms with E-state index in [4.69, 9.17) is 25.4 Å². The molecule has 12 heteroatoms. The number of anilines is 2. The van der Waals surface area contributed by atoms with E-state index >= 15 is 0 Å². The Bertz CT molecular complexity index is 1050. The van der Waals surface area contributed by atoms with Crippen LogP contribution in [0.2, 0.25) is 0 Å². The third kappa shape index (κ3) is 7.42. The normalized spacial score (nSPS) is 19.3. The molecule has 3 aromatic rings. The molecule has 202 valence electrons. The lowest BCUT2D eigenvalue weighted by atomic mass is 9.92. The third-order valence-corrected chi connectivity index (χ3v) is 6.86. The average molecular weight is 581 g/mol. The van der Waals surface area contributed by atoms with Gasteiger partial charge in [-0.05, 0) is 56.2 Å². The van der Waals surface area contributed by atoms with Crippen molar-refractivity contribution < 1.29 is 4.74 Å². The lowest BCUT2D eigenvalue weighted by molar-refractivity contribution is 0.410. The molecular weight excluding hydrogens is 544 g/mol. The third-order valence-electron chi connectivity index (χ3n) is 6.86. The van der Waals surface area contributed by atoms with Gasteiger partial charge in [-0.15, -0.1) is 49.6 Å². The van der Waals surface area contributed by atoms with Crippen molar-refractivity contribution in [3.8, 4) is 5.75 Å². The van der Waals surface area contributed by atoms with Gasteiger partial charge in [0.2, 0.25) is 5.95 Å². The number of fused-ring (bicyclic) bond motifs is 1. The van der Waals surface area contributed by atoms with E-state index in [0.717, 1.165) is 54.0 Å². The van der Waals surface area contributed by atoms with Crippen molar-refractivity contribution in [2.24, 2.45) is 5.73 Å². The number of nitrogens with one attached hydrogen (secondary N) is 2. The Morgan fingerprint density at radius 2 is 1.61 bits per heavy atom. The van der Waals surface area contributed by atoms with E-state index in [1.165, 1.54) is 25.7 Å². The molecule has 0 aliphatic heterocycles. The highest BCUT2D eigenvalue weighted by atomic mass is 35.5. The first-order valence-corrected chi connectivity index (χ1v) is 11.8. The molecule has 2 saturated carbocycles. The number of methoxy groups -OCH3 is 1. The number of halogens is 4. The fourth-order valence-corrected chi connectivity index (χ4v) is 4.93. The molecule has 2 fully saturated rings. The van der Waals surface area contributed by atoms with Crippen LogP contribution in [0.3, 0.4) is 0 Å². The fraction of sp³-hybridized carbons (Fsp3) is 0.542. The molecule has 2 aliphatic carbocycles. The molecule has 5 rings (SSSR count). The van der Waals surface area contributed by atoms with Gasteiger partial charge in [-0.3, -0.25) is 0 Å². The van der Waals surface area contributed by atoms with Gasteiger partial charge in [0.25, 0.3) is 0 Å². The Morgan fingerprint density at radius 3 is 2.25 bits per heavy atom. The summed E-state index contributed by atoms with van der Waals surface area (Å²) < 4.78 is 7.52. The summed E-state index contributed by atoms with van der Waals surface area (Å²) >= 11 is 0. The average Bonchev–Trinajstić information content (AvgIpc) is 3.49. The van der Waals surface area contributed by atoms with E-state index < -0.39 is 0 Å². The van der Waals surface area contributed by atoms with Crippen LogP contribution in [0.15, 0.2) is 30.6 Å². The Kier molecular flexibility index (Phi) is 13.4. The second-order valence-corrected chi connectivity index (χ2v) is 9.12. The highest BCUT2D eigenvalue weighted by Crippen LogP contribution is 2.33. The summed E-state index contributed by atoms with van der Waals surface area (Å²) in [6.45, 7) is 0.657. The number of imidazole rings is 1. The van der Waals surface area contributed by atoms with Crippen molar-refractivity contribution in [2.75, 3.05) is 17.7 Å². The summed E-state index contributed by atoms with van der Waals surface area (Å²) in [5.74, 6) is 2.31. The van der Waals surface area contributed by atoms with Crippen LogP contribution in [0.25, 0.3) is 11.2 Å². The largest absolute Gasteiger partial charge is 0.497 e. The number of ether oxygens (including phenoxy) is 1. The summed E-state index contributed by atoms with van der Waals surface area (Å²) in [5, 5.41) is 7.08. The van der Waals surface area contributed by atoms with Crippen molar-refractivity contribution >= 4 is 72.6 Å². The van der Waals surface area contributed by atoms with Crippen molar-refractivity contribution in [1.82, 2.24) is 19.5 Å². The molecule has 0 unspecified atom stereocenters. The maximum Gasteiger partial charge on any atom is 0.227 e. The number of rotatable bonds is 7. The lowest BCUT2D eigenvalue weighted by Crippen LogP contribution is -2.33. The Hall–Kier alpha value is -1.71. The first kappa shape index (κ1) is 32.3. The number of aromatic nitrogens is 4. The smallest absolute Gasteiger partial charge is 0.227 e. The molecule has 1 aromatic carbocycles. The number of nitrogens with two attached hydrogens (primary N) is 1. The van der Waals surface area contributed by atoms with Gasteiger partial charge in [0, 0.05) is 24.7 Å². The summed E-state index contributed by atoms with van der Waals surface area (Å²) in [6, 6.07) is 9.23. The molecule has 0 bridgehead atoms. The quantitative estimate of drug-likeness (QED) is 0.318. The molecule has 0 atom stereocenters. The van der Waals surface area contributed by atoms with Crippen LogP contribution in [-0.2, 0) is 6.54 Å². The van der Waals surface area contributed by atoms with Crippen molar-refractivity contribution in [2.45, 2.75) is 76.0 Å². The molecule has 0 spiro atoms. The van der Waals surface area contributed by atoms with E-state index in [2.05, 4.69) is 27.3 Å². The molecule has 4 N–H and O–H groups in total. The standard InChI is InChI=1S/C24H33N7O.4ClH/c1-32-20-12-6-16(7-13-20)14-26-22-21-23(31(15-27-21)19-4-2-3-5-19)30-24(29-22)28-18-10-8-17(25)9-11-18;;;;/h6-7,12-13,15,17-19H,2-5,8-11,14,25H2,1H3,(H2,26,28,29,30);4*1H. The first-order chi connectivity index (χ1) is 15.7. The zero-order valence-electron chi connectivity index (χ0n) is 20.4. The van der Waals surface area contributed by atoms with Crippen molar-refractivity contribution in [3.05, 3.63) is 36.2 Å². The van der Waals surface area contributed by atoms with Crippen molar-refractivity contribution in [3.63, 3.8) is 0 Å². The second kappa shape index (κ2) is 14.9. The minimum Gasteiger partial charge on any atom is -0.497 e. The van der Waals surface area contributed by atoms with Crippen LogP contribution < -0.4 is 21.1 Å². The van der Waals surface area contributed by atoms with Gasteiger partial charge in [-0.1, -0.05) is 25.0 Å². The van der Waals surface area contributed by atoms with Gasteiger partial charge >= 0.3 is 0 Å². The number of benzene rings is 1. The summed E-state index contributed by atoms with van der Waals surface area (Å²) in [7, 11) is 1.68. The van der Waals surface area contributed by atoms with E-state index in [-0.39, 0.29) is 49.6 Å². The van der Waals surface area contributed by atoms with Gasteiger partial charge in [0.1, 0.15) is 5.75 Å². The lowest BCUT2D eigenvalue weighted by Gasteiger charge is -2.27. The first-order valence-electron chi connectivity index (χ1n) is 11.8. The van der Waals surface area contributed by atoms with E-state index in [1.807, 2.05) is 18.5 Å². The molecule has 0 saturated heterocycles. The van der Waals surface area contributed by atoms with Crippen LogP contribution in [0.1, 0.15) is 63.0 Å². The van der Waals surface area contributed by atoms with Gasteiger partial charge in [0.15, 0.2) is 17.0 Å². The summed E-state index contributed by atoms with van der Waals surface area (Å²) in [6.07, 6.45) is 11.1. The van der Waals surface area contributed by atoms with E-state index in [9.17, 15) is 0 Å². The van der Waals surface area contributed by atoms with Gasteiger partial charge in [-0.25, -0.2) is 4.98 Å². The Labute approximate surface area is 237 Å². The monoisotopic (exact) mass is 579 g/mol. The molecular formula is C24H37Cl4N7O. The molecule has 2 aromatic heterocycles. The molecule has 2 aliphatic rings. The zero-order chi connectivity index (χ0) is 21.9. The number of hydrogen-bond acceptors (Lipinski definition) is 7. The van der Waals surface area contributed by atoms with Gasteiger partial charge < -0.3 is 25.7 Å². The molecule has 8 nitrogen and oxygen atoms in total. The predicted octanol–water partition coefficient (Wildman–Crippen LogP) is 5.93.